The van der Waals surface area contributed by atoms with Crippen LogP contribution in [0.2, 0.25) is 0 Å². The zero-order chi connectivity index (χ0) is 14.7. The first-order chi connectivity index (χ1) is 9.58. The van der Waals surface area contributed by atoms with Gasteiger partial charge < -0.3 is 4.74 Å². The minimum absolute atomic E-state index is 0.124. The maximum atomic E-state index is 13.8. The van der Waals surface area contributed by atoms with Gasteiger partial charge in [-0.3, -0.25) is 10.8 Å². The summed E-state index contributed by atoms with van der Waals surface area (Å²) in [7, 11) is 1.45. The van der Waals surface area contributed by atoms with E-state index in [2.05, 4.69) is 10.4 Å². The minimum atomic E-state index is -1.54. The third-order valence-electron chi connectivity index (χ3n) is 2.85. The minimum Gasteiger partial charge on any atom is -0.495 e. The van der Waals surface area contributed by atoms with E-state index in [0.29, 0.717) is 11.3 Å². The van der Waals surface area contributed by atoms with Crippen molar-refractivity contribution < 1.29 is 17.9 Å². The van der Waals surface area contributed by atoms with Crippen LogP contribution in [-0.4, -0.2) is 12.1 Å². The van der Waals surface area contributed by atoms with Gasteiger partial charge in [-0.25, -0.2) is 18.6 Å². The molecular weight excluding hydrogens is 271 g/mol. The Labute approximate surface area is 113 Å². The third-order valence-corrected chi connectivity index (χ3v) is 2.85. The van der Waals surface area contributed by atoms with E-state index in [4.69, 9.17) is 10.6 Å². The fourth-order valence-corrected chi connectivity index (χ4v) is 1.83. The number of rotatable bonds is 4. The number of halogens is 3. The standard InChI is InChI=1S/C13H12F3N3O/c1-20-8-4-7(5-18-6-8)13(19-17)9-2-3-10(14)12(16)11(9)15/h2-6,13,19H,17H2,1H3. The second-order valence-corrected chi connectivity index (χ2v) is 4.02. The Morgan fingerprint density at radius 2 is 1.95 bits per heavy atom. The van der Waals surface area contributed by atoms with E-state index >= 15 is 0 Å². The average molecular weight is 283 g/mol. The van der Waals surface area contributed by atoms with E-state index < -0.39 is 23.5 Å². The molecule has 0 aliphatic heterocycles. The molecule has 2 aromatic rings. The summed E-state index contributed by atoms with van der Waals surface area (Å²) in [5.41, 5.74) is 2.68. The Morgan fingerprint density at radius 3 is 2.60 bits per heavy atom. The Bertz CT molecular complexity index is 622. The molecule has 0 bridgehead atoms. The molecule has 0 saturated heterocycles. The number of nitrogens with one attached hydrogen (secondary N) is 1. The van der Waals surface area contributed by atoms with Crippen molar-refractivity contribution in [1.29, 1.82) is 0 Å². The lowest BCUT2D eigenvalue weighted by atomic mass is 10.00. The molecule has 0 aliphatic carbocycles. The molecule has 0 fully saturated rings. The van der Waals surface area contributed by atoms with E-state index in [-0.39, 0.29) is 5.56 Å². The summed E-state index contributed by atoms with van der Waals surface area (Å²) in [5.74, 6) is 1.72. The summed E-state index contributed by atoms with van der Waals surface area (Å²) >= 11 is 0. The van der Waals surface area contributed by atoms with Crippen molar-refractivity contribution in [2.45, 2.75) is 6.04 Å². The van der Waals surface area contributed by atoms with Crippen LogP contribution in [0.25, 0.3) is 0 Å². The molecule has 2 rings (SSSR count). The van der Waals surface area contributed by atoms with E-state index in [1.165, 1.54) is 19.5 Å². The van der Waals surface area contributed by atoms with Gasteiger partial charge in [-0.15, -0.1) is 0 Å². The highest BCUT2D eigenvalue weighted by atomic mass is 19.2. The second-order valence-electron chi connectivity index (χ2n) is 4.02. The molecular formula is C13H12F3N3O. The highest BCUT2D eigenvalue weighted by molar-refractivity contribution is 5.35. The van der Waals surface area contributed by atoms with Crippen molar-refractivity contribution >= 4 is 0 Å². The number of pyridine rings is 1. The van der Waals surface area contributed by atoms with Crippen LogP contribution in [0.5, 0.6) is 5.75 Å². The summed E-state index contributed by atoms with van der Waals surface area (Å²) in [6, 6.07) is 2.65. The van der Waals surface area contributed by atoms with Crippen molar-refractivity contribution in [2.75, 3.05) is 7.11 Å². The predicted octanol–water partition coefficient (Wildman–Crippen LogP) is 2.06. The molecule has 3 N–H and O–H groups in total. The van der Waals surface area contributed by atoms with Gasteiger partial charge in [0.25, 0.3) is 0 Å². The molecule has 0 saturated carbocycles. The van der Waals surface area contributed by atoms with Crippen LogP contribution in [0.1, 0.15) is 17.2 Å². The fraction of sp³-hybridized carbons (Fsp3) is 0.154. The molecule has 4 nitrogen and oxygen atoms in total. The Morgan fingerprint density at radius 1 is 1.20 bits per heavy atom. The van der Waals surface area contributed by atoms with Gasteiger partial charge in [0.2, 0.25) is 0 Å². The van der Waals surface area contributed by atoms with Crippen LogP contribution in [0.3, 0.4) is 0 Å². The van der Waals surface area contributed by atoms with Crippen LogP contribution in [0.4, 0.5) is 13.2 Å². The molecule has 106 valence electrons. The highest BCUT2D eigenvalue weighted by Crippen LogP contribution is 2.27. The van der Waals surface area contributed by atoms with Gasteiger partial charge in [0.15, 0.2) is 17.5 Å². The normalized spacial score (nSPS) is 12.2. The lowest BCUT2D eigenvalue weighted by Crippen LogP contribution is -2.30. The zero-order valence-corrected chi connectivity index (χ0v) is 10.5. The van der Waals surface area contributed by atoms with Crippen molar-refractivity contribution in [3.63, 3.8) is 0 Å². The van der Waals surface area contributed by atoms with Gasteiger partial charge >= 0.3 is 0 Å². The Balaban J connectivity index is 2.49. The summed E-state index contributed by atoms with van der Waals surface area (Å²) in [6.07, 6.45) is 2.88. The number of aromatic nitrogens is 1. The third kappa shape index (κ3) is 2.59. The number of hydrogen-bond donors (Lipinski definition) is 2. The number of benzene rings is 1. The van der Waals surface area contributed by atoms with Gasteiger partial charge in [0.1, 0.15) is 5.75 Å². The van der Waals surface area contributed by atoms with Crippen molar-refractivity contribution in [2.24, 2.45) is 5.84 Å². The second kappa shape index (κ2) is 5.89. The van der Waals surface area contributed by atoms with Crippen LogP contribution in [0.15, 0.2) is 30.6 Å². The smallest absolute Gasteiger partial charge is 0.194 e. The summed E-state index contributed by atoms with van der Waals surface area (Å²) < 4.78 is 45.0. The number of hydrogen-bond acceptors (Lipinski definition) is 4. The molecule has 1 heterocycles. The lowest BCUT2D eigenvalue weighted by molar-refractivity contribution is 0.410. The molecule has 0 amide bonds. The molecule has 1 unspecified atom stereocenters. The molecule has 0 spiro atoms. The quantitative estimate of drug-likeness (QED) is 0.512. The van der Waals surface area contributed by atoms with Gasteiger partial charge in [0.05, 0.1) is 19.3 Å². The zero-order valence-electron chi connectivity index (χ0n) is 10.5. The molecule has 0 radical (unpaired) electrons. The number of ether oxygens (including phenoxy) is 1. The van der Waals surface area contributed by atoms with Gasteiger partial charge in [-0.2, -0.15) is 0 Å². The lowest BCUT2D eigenvalue weighted by Gasteiger charge is -2.18. The molecule has 0 aliphatic rings. The summed E-state index contributed by atoms with van der Waals surface area (Å²) in [4.78, 5) is 3.91. The molecule has 1 atom stereocenters. The van der Waals surface area contributed by atoms with Crippen LogP contribution in [0, 0.1) is 17.5 Å². The van der Waals surface area contributed by atoms with Gasteiger partial charge in [-0.1, -0.05) is 6.07 Å². The van der Waals surface area contributed by atoms with Gasteiger partial charge in [-0.05, 0) is 17.7 Å². The van der Waals surface area contributed by atoms with E-state index in [9.17, 15) is 13.2 Å². The largest absolute Gasteiger partial charge is 0.495 e. The topological polar surface area (TPSA) is 60.2 Å². The van der Waals surface area contributed by atoms with Crippen molar-refractivity contribution in [3.8, 4) is 5.75 Å². The van der Waals surface area contributed by atoms with Crippen LogP contribution >= 0.6 is 0 Å². The molecule has 7 heteroatoms. The van der Waals surface area contributed by atoms with Crippen molar-refractivity contribution in [1.82, 2.24) is 10.4 Å². The number of nitrogens with two attached hydrogens (primary N) is 1. The van der Waals surface area contributed by atoms with Crippen molar-refractivity contribution in [3.05, 3.63) is 59.2 Å². The first-order valence-electron chi connectivity index (χ1n) is 5.67. The maximum Gasteiger partial charge on any atom is 0.194 e. The molecule has 1 aromatic heterocycles. The SMILES string of the molecule is COc1cncc(C(NN)c2ccc(F)c(F)c2F)c1. The first kappa shape index (κ1) is 14.3. The maximum absolute atomic E-state index is 13.8. The monoisotopic (exact) mass is 283 g/mol. The Kier molecular flexibility index (Phi) is 4.21. The fourth-order valence-electron chi connectivity index (χ4n) is 1.83. The number of nitrogens with zero attached hydrogens (tertiary/aromatic N) is 1. The molecule has 20 heavy (non-hydrogen) atoms. The summed E-state index contributed by atoms with van der Waals surface area (Å²) in [6.45, 7) is 0. The molecule has 1 aromatic carbocycles. The summed E-state index contributed by atoms with van der Waals surface area (Å²) in [5, 5.41) is 0. The first-order valence-corrected chi connectivity index (χ1v) is 5.67. The predicted molar refractivity (Wildman–Crippen MR) is 66.3 cm³/mol. The Hall–Kier alpha value is -2.12. The number of hydrazine groups is 1. The average Bonchev–Trinajstić information content (AvgIpc) is 2.48. The number of methoxy groups -OCH3 is 1. The van der Waals surface area contributed by atoms with Crippen LogP contribution in [-0.2, 0) is 0 Å². The van der Waals surface area contributed by atoms with E-state index in [1.807, 2.05) is 0 Å². The highest BCUT2D eigenvalue weighted by Gasteiger charge is 2.22. The van der Waals surface area contributed by atoms with Crippen LogP contribution < -0.4 is 16.0 Å². The van der Waals surface area contributed by atoms with Gasteiger partial charge in [0, 0.05) is 11.8 Å². The van der Waals surface area contributed by atoms with E-state index in [0.717, 1.165) is 12.1 Å². The van der Waals surface area contributed by atoms with E-state index in [1.54, 1.807) is 6.07 Å².